The molecule has 1 aromatic carbocycles. The Morgan fingerprint density at radius 3 is 2.93 bits per heavy atom. The highest BCUT2D eigenvalue weighted by Gasteiger charge is 2.11. The van der Waals surface area contributed by atoms with Crippen LogP contribution in [0.1, 0.15) is 11.1 Å². The third kappa shape index (κ3) is 2.67. The summed E-state index contributed by atoms with van der Waals surface area (Å²) >= 11 is 0. The average Bonchev–Trinajstić information content (AvgIpc) is 2.18. The van der Waals surface area contributed by atoms with E-state index in [1.54, 1.807) is 24.3 Å². The molecule has 4 nitrogen and oxygen atoms in total. The molecule has 74 valence electrons. The van der Waals surface area contributed by atoms with E-state index in [9.17, 15) is 4.79 Å². The van der Waals surface area contributed by atoms with E-state index in [0.717, 1.165) is 11.1 Å². The Morgan fingerprint density at radius 2 is 2.36 bits per heavy atom. The van der Waals surface area contributed by atoms with Gasteiger partial charge in [0, 0.05) is 6.21 Å². The molecule has 1 rings (SSSR count). The van der Waals surface area contributed by atoms with Crippen LogP contribution in [0.3, 0.4) is 0 Å². The SMILES string of the molecule is N=Cc1cccc(C[C@@H](N)C(=O)O)c1. The van der Waals surface area contributed by atoms with E-state index in [-0.39, 0.29) is 6.42 Å². The molecular weight excluding hydrogens is 180 g/mol. The zero-order chi connectivity index (χ0) is 10.6. The Balaban J connectivity index is 2.76. The first-order valence-corrected chi connectivity index (χ1v) is 4.21. The lowest BCUT2D eigenvalue weighted by Crippen LogP contribution is -2.32. The van der Waals surface area contributed by atoms with Crippen LogP contribution >= 0.6 is 0 Å². The van der Waals surface area contributed by atoms with Crippen LogP contribution in [0.5, 0.6) is 0 Å². The van der Waals surface area contributed by atoms with Gasteiger partial charge < -0.3 is 16.2 Å². The van der Waals surface area contributed by atoms with Gasteiger partial charge in [0.2, 0.25) is 0 Å². The topological polar surface area (TPSA) is 87.2 Å². The highest BCUT2D eigenvalue weighted by molar-refractivity contribution is 5.77. The van der Waals surface area contributed by atoms with E-state index in [0.29, 0.717) is 0 Å². The summed E-state index contributed by atoms with van der Waals surface area (Å²) in [6.45, 7) is 0. The maximum atomic E-state index is 10.5. The van der Waals surface area contributed by atoms with Gasteiger partial charge in [0.25, 0.3) is 0 Å². The second kappa shape index (κ2) is 4.53. The Morgan fingerprint density at radius 1 is 1.64 bits per heavy atom. The molecule has 0 fully saturated rings. The Labute approximate surface area is 81.9 Å². The third-order valence-corrected chi connectivity index (χ3v) is 1.89. The molecule has 0 aliphatic carbocycles. The van der Waals surface area contributed by atoms with Gasteiger partial charge in [-0.25, -0.2) is 0 Å². The molecule has 0 aliphatic rings. The van der Waals surface area contributed by atoms with Gasteiger partial charge in [-0.1, -0.05) is 24.3 Å². The molecule has 1 aromatic rings. The molecule has 4 heteroatoms. The quantitative estimate of drug-likeness (QED) is 0.612. The van der Waals surface area contributed by atoms with Gasteiger partial charge in [-0.05, 0) is 17.5 Å². The summed E-state index contributed by atoms with van der Waals surface area (Å²) in [6.07, 6.45) is 1.51. The van der Waals surface area contributed by atoms with Gasteiger partial charge in [0.1, 0.15) is 6.04 Å². The molecule has 0 bridgehead atoms. The van der Waals surface area contributed by atoms with Gasteiger partial charge in [-0.3, -0.25) is 4.79 Å². The van der Waals surface area contributed by atoms with E-state index in [4.69, 9.17) is 16.2 Å². The lowest BCUT2D eigenvalue weighted by Gasteiger charge is -2.06. The molecule has 0 aliphatic heterocycles. The fourth-order valence-electron chi connectivity index (χ4n) is 1.15. The first-order chi connectivity index (χ1) is 6.63. The predicted molar refractivity (Wildman–Crippen MR) is 53.6 cm³/mol. The number of rotatable bonds is 4. The molecular formula is C10H12N2O2. The van der Waals surface area contributed by atoms with Crippen LogP contribution < -0.4 is 5.73 Å². The molecule has 0 aromatic heterocycles. The summed E-state index contributed by atoms with van der Waals surface area (Å²) in [4.78, 5) is 10.5. The van der Waals surface area contributed by atoms with E-state index in [2.05, 4.69) is 0 Å². The van der Waals surface area contributed by atoms with Gasteiger partial charge in [-0.2, -0.15) is 0 Å². The smallest absolute Gasteiger partial charge is 0.320 e. The summed E-state index contributed by atoms with van der Waals surface area (Å²) in [5.74, 6) is -1.01. The average molecular weight is 192 g/mol. The molecule has 0 radical (unpaired) electrons. The summed E-state index contributed by atoms with van der Waals surface area (Å²) in [6, 6.07) is 6.24. The summed E-state index contributed by atoms with van der Waals surface area (Å²) in [5, 5.41) is 15.6. The summed E-state index contributed by atoms with van der Waals surface area (Å²) in [5.41, 5.74) is 6.97. The van der Waals surface area contributed by atoms with Crippen molar-refractivity contribution in [2.24, 2.45) is 5.73 Å². The first-order valence-electron chi connectivity index (χ1n) is 4.21. The van der Waals surface area contributed by atoms with Gasteiger partial charge in [0.15, 0.2) is 0 Å². The number of benzene rings is 1. The standard InChI is InChI=1S/C10H12N2O2/c11-6-8-3-1-2-7(4-8)5-9(12)10(13)14/h1-4,6,9,11H,5,12H2,(H,13,14)/t9-/m1/s1. The van der Waals surface area contributed by atoms with E-state index < -0.39 is 12.0 Å². The normalized spacial score (nSPS) is 12.1. The molecule has 0 unspecified atom stereocenters. The number of nitrogens with two attached hydrogens (primary N) is 1. The van der Waals surface area contributed by atoms with Crippen molar-refractivity contribution in [3.63, 3.8) is 0 Å². The molecule has 0 saturated carbocycles. The Bertz CT molecular complexity index is 350. The maximum absolute atomic E-state index is 10.5. The minimum atomic E-state index is -1.01. The van der Waals surface area contributed by atoms with Crippen LogP contribution in [-0.4, -0.2) is 23.3 Å². The molecule has 1 atom stereocenters. The van der Waals surface area contributed by atoms with Crippen LogP contribution in [0.2, 0.25) is 0 Å². The molecule has 0 saturated heterocycles. The van der Waals surface area contributed by atoms with Gasteiger partial charge >= 0.3 is 5.97 Å². The number of hydrogen-bond acceptors (Lipinski definition) is 3. The lowest BCUT2D eigenvalue weighted by atomic mass is 10.0. The van der Waals surface area contributed by atoms with E-state index >= 15 is 0 Å². The van der Waals surface area contributed by atoms with Crippen molar-refractivity contribution in [1.29, 1.82) is 5.41 Å². The summed E-state index contributed by atoms with van der Waals surface area (Å²) in [7, 11) is 0. The van der Waals surface area contributed by atoms with Crippen LogP contribution in [0.4, 0.5) is 0 Å². The zero-order valence-electron chi connectivity index (χ0n) is 7.60. The van der Waals surface area contributed by atoms with Crippen LogP contribution in [0.25, 0.3) is 0 Å². The molecule has 14 heavy (non-hydrogen) atoms. The van der Waals surface area contributed by atoms with Crippen molar-refractivity contribution in [3.05, 3.63) is 35.4 Å². The second-order valence-electron chi connectivity index (χ2n) is 3.04. The monoisotopic (exact) mass is 192 g/mol. The van der Waals surface area contributed by atoms with Crippen LogP contribution in [0, 0.1) is 5.41 Å². The number of aliphatic carboxylic acids is 1. The Kier molecular flexibility index (Phi) is 3.36. The number of carbonyl (C=O) groups is 1. The van der Waals surface area contributed by atoms with E-state index in [1.807, 2.05) is 0 Å². The van der Waals surface area contributed by atoms with Crippen molar-refractivity contribution in [2.75, 3.05) is 0 Å². The molecule has 0 spiro atoms. The van der Waals surface area contributed by atoms with Crippen LogP contribution in [0.15, 0.2) is 24.3 Å². The minimum absolute atomic E-state index is 0.289. The highest BCUT2D eigenvalue weighted by atomic mass is 16.4. The van der Waals surface area contributed by atoms with Crippen molar-refractivity contribution in [3.8, 4) is 0 Å². The minimum Gasteiger partial charge on any atom is -0.480 e. The van der Waals surface area contributed by atoms with Crippen LogP contribution in [-0.2, 0) is 11.2 Å². The molecule has 0 heterocycles. The maximum Gasteiger partial charge on any atom is 0.320 e. The summed E-state index contributed by atoms with van der Waals surface area (Å²) < 4.78 is 0. The van der Waals surface area contributed by atoms with Crippen molar-refractivity contribution < 1.29 is 9.90 Å². The zero-order valence-corrected chi connectivity index (χ0v) is 7.60. The van der Waals surface area contributed by atoms with Gasteiger partial charge in [0.05, 0.1) is 0 Å². The third-order valence-electron chi connectivity index (χ3n) is 1.89. The van der Waals surface area contributed by atoms with Crippen molar-refractivity contribution >= 4 is 12.2 Å². The number of carboxylic acids is 1. The largest absolute Gasteiger partial charge is 0.480 e. The van der Waals surface area contributed by atoms with Crippen molar-refractivity contribution in [1.82, 2.24) is 0 Å². The van der Waals surface area contributed by atoms with E-state index in [1.165, 1.54) is 6.21 Å². The molecule has 0 amide bonds. The fourth-order valence-corrected chi connectivity index (χ4v) is 1.15. The second-order valence-corrected chi connectivity index (χ2v) is 3.04. The first kappa shape index (κ1) is 10.4. The number of nitrogens with one attached hydrogen (secondary N) is 1. The Hall–Kier alpha value is -1.68. The number of carboxylic acid groups (broad SMARTS) is 1. The van der Waals surface area contributed by atoms with Gasteiger partial charge in [-0.15, -0.1) is 0 Å². The fraction of sp³-hybridized carbons (Fsp3) is 0.200. The number of hydrogen-bond donors (Lipinski definition) is 3. The van der Waals surface area contributed by atoms with Crippen molar-refractivity contribution in [2.45, 2.75) is 12.5 Å². The highest BCUT2D eigenvalue weighted by Crippen LogP contribution is 2.05. The predicted octanol–water partition coefficient (Wildman–Crippen LogP) is 0.639. The molecule has 4 N–H and O–H groups in total. The lowest BCUT2D eigenvalue weighted by molar-refractivity contribution is -0.138.